The molecule has 4 rings (SSSR count). The Morgan fingerprint density at radius 3 is 2.86 bits per heavy atom. The van der Waals surface area contributed by atoms with E-state index in [1.807, 2.05) is 0 Å². The minimum absolute atomic E-state index is 0.0164. The number of halogens is 2. The van der Waals surface area contributed by atoms with Crippen LogP contribution < -0.4 is 5.32 Å². The summed E-state index contributed by atoms with van der Waals surface area (Å²) in [6, 6.07) is -0.172. The maximum absolute atomic E-state index is 13.9. The lowest BCUT2D eigenvalue weighted by Crippen LogP contribution is -2.47. The molecule has 3 aliphatic carbocycles. The van der Waals surface area contributed by atoms with Crippen LogP contribution in [0.1, 0.15) is 32.1 Å². The second-order valence-electron chi connectivity index (χ2n) is 6.08. The summed E-state index contributed by atoms with van der Waals surface area (Å²) in [6.45, 7) is 0. The van der Waals surface area contributed by atoms with Gasteiger partial charge in [0.2, 0.25) is 5.28 Å². The van der Waals surface area contributed by atoms with Crippen molar-refractivity contribution in [3.63, 3.8) is 0 Å². The van der Waals surface area contributed by atoms with E-state index in [0.717, 1.165) is 38.3 Å². The molecule has 1 aromatic heterocycles. The Labute approximate surface area is 133 Å². The molecular weight excluding hydrogens is 309 g/mol. The van der Waals surface area contributed by atoms with Gasteiger partial charge in [0.25, 0.3) is 0 Å². The lowest BCUT2D eigenvalue weighted by molar-refractivity contribution is -0.149. The summed E-state index contributed by atoms with van der Waals surface area (Å²) in [7, 11) is 1.40. The van der Waals surface area contributed by atoms with E-state index in [2.05, 4.69) is 15.3 Å². The minimum atomic E-state index is -0.562. The number of carbonyl (C=O) groups is 1. The van der Waals surface area contributed by atoms with Crippen molar-refractivity contribution < 1.29 is 13.9 Å². The minimum Gasteiger partial charge on any atom is -0.469 e. The molecule has 3 fully saturated rings. The molecule has 0 aromatic carbocycles. The lowest BCUT2D eigenvalue weighted by atomic mass is 9.71. The van der Waals surface area contributed by atoms with Crippen LogP contribution in [0.15, 0.2) is 6.20 Å². The molecule has 4 atom stereocenters. The summed E-state index contributed by atoms with van der Waals surface area (Å²) in [4.78, 5) is 19.8. The molecule has 1 aromatic rings. The van der Waals surface area contributed by atoms with Gasteiger partial charge in [-0.2, -0.15) is 4.98 Å². The number of hydrogen-bond donors (Lipinski definition) is 1. The maximum Gasteiger partial charge on any atom is 0.311 e. The summed E-state index contributed by atoms with van der Waals surface area (Å²) in [5.74, 6) is -0.395. The van der Waals surface area contributed by atoms with Gasteiger partial charge in [0, 0.05) is 6.04 Å². The summed E-state index contributed by atoms with van der Waals surface area (Å²) in [5.41, 5.74) is 0. The molecule has 1 heterocycles. The fraction of sp³-hybridized carbons (Fsp3) is 0.667. The standard InChI is InChI=1S/C15H19ClFN3O2/c1-22-14(21)11-8-3-2-4-9(6-5-8)12(11)19-13-10(17)7-18-15(16)20-13/h7-9,11-12H,2-6H2,1H3,(H,18,19,20)/t8?,9?,11-,12-/m0/s1. The van der Waals surface area contributed by atoms with Gasteiger partial charge in [0.05, 0.1) is 19.2 Å². The van der Waals surface area contributed by atoms with Crippen molar-refractivity contribution >= 4 is 23.4 Å². The van der Waals surface area contributed by atoms with Crippen molar-refractivity contribution in [3.05, 3.63) is 17.3 Å². The average Bonchev–Trinajstić information content (AvgIpc) is 2.84. The third kappa shape index (κ3) is 2.89. The molecule has 0 spiro atoms. The Kier molecular flexibility index (Phi) is 4.47. The van der Waals surface area contributed by atoms with Crippen molar-refractivity contribution in [1.29, 1.82) is 0 Å². The molecule has 120 valence electrons. The second-order valence-corrected chi connectivity index (χ2v) is 6.42. The van der Waals surface area contributed by atoms with Crippen molar-refractivity contribution in [2.75, 3.05) is 12.4 Å². The Hall–Kier alpha value is -1.43. The highest BCUT2D eigenvalue weighted by molar-refractivity contribution is 6.28. The maximum atomic E-state index is 13.9. The monoisotopic (exact) mass is 327 g/mol. The van der Waals surface area contributed by atoms with E-state index < -0.39 is 5.82 Å². The van der Waals surface area contributed by atoms with Crippen molar-refractivity contribution in [2.24, 2.45) is 17.8 Å². The zero-order chi connectivity index (χ0) is 15.7. The van der Waals surface area contributed by atoms with E-state index in [1.165, 1.54) is 7.11 Å². The summed E-state index contributed by atoms with van der Waals surface area (Å²) >= 11 is 5.75. The zero-order valence-corrected chi connectivity index (χ0v) is 13.1. The van der Waals surface area contributed by atoms with Gasteiger partial charge in [-0.1, -0.05) is 6.42 Å². The molecule has 0 radical (unpaired) electrons. The Morgan fingerprint density at radius 2 is 2.09 bits per heavy atom. The Morgan fingerprint density at radius 1 is 1.36 bits per heavy atom. The molecule has 3 saturated carbocycles. The molecule has 0 saturated heterocycles. The number of rotatable bonds is 3. The summed E-state index contributed by atoms with van der Waals surface area (Å²) in [5, 5.41) is 3.10. The highest BCUT2D eigenvalue weighted by Gasteiger charge is 2.46. The van der Waals surface area contributed by atoms with Gasteiger partial charge in [-0.3, -0.25) is 4.79 Å². The SMILES string of the molecule is COC(=O)[C@H]1C2CCCC(CC2)[C@@H]1Nc1nc(Cl)ncc1F. The normalized spacial score (nSPS) is 30.7. The number of esters is 1. The highest BCUT2D eigenvalue weighted by atomic mass is 35.5. The van der Waals surface area contributed by atoms with E-state index >= 15 is 0 Å². The quantitative estimate of drug-likeness (QED) is 0.683. The Balaban J connectivity index is 1.91. The van der Waals surface area contributed by atoms with Gasteiger partial charge in [-0.25, -0.2) is 9.37 Å². The van der Waals surface area contributed by atoms with Crippen LogP contribution in [-0.4, -0.2) is 29.1 Å². The molecular formula is C15H19ClFN3O2. The number of fused-ring (bicyclic) bond motifs is 4. The van der Waals surface area contributed by atoms with Crippen molar-refractivity contribution in [2.45, 2.75) is 38.1 Å². The molecule has 2 unspecified atom stereocenters. The molecule has 5 nitrogen and oxygen atoms in total. The molecule has 0 amide bonds. The average molecular weight is 328 g/mol. The number of carbonyl (C=O) groups excluding carboxylic acids is 1. The van der Waals surface area contributed by atoms with E-state index in [-0.39, 0.29) is 34.9 Å². The van der Waals surface area contributed by atoms with Crippen LogP contribution in [0.2, 0.25) is 5.28 Å². The first-order valence-electron chi connectivity index (χ1n) is 7.62. The van der Waals surface area contributed by atoms with Crippen LogP contribution in [0.25, 0.3) is 0 Å². The number of anilines is 1. The molecule has 3 aliphatic rings. The second kappa shape index (κ2) is 6.36. The van der Waals surface area contributed by atoms with Gasteiger partial charge >= 0.3 is 5.97 Å². The van der Waals surface area contributed by atoms with Crippen molar-refractivity contribution in [1.82, 2.24) is 9.97 Å². The number of methoxy groups -OCH3 is 1. The number of hydrogen-bond acceptors (Lipinski definition) is 5. The summed E-state index contributed by atoms with van der Waals surface area (Å²) in [6.07, 6.45) is 6.24. The molecule has 1 N–H and O–H groups in total. The van der Waals surface area contributed by atoms with Crippen LogP contribution in [0.4, 0.5) is 10.2 Å². The molecule has 22 heavy (non-hydrogen) atoms. The third-order valence-electron chi connectivity index (χ3n) is 4.95. The summed E-state index contributed by atoms with van der Waals surface area (Å²) < 4.78 is 18.9. The fourth-order valence-electron chi connectivity index (χ4n) is 3.95. The predicted molar refractivity (Wildman–Crippen MR) is 80.0 cm³/mol. The highest BCUT2D eigenvalue weighted by Crippen LogP contribution is 2.44. The van der Waals surface area contributed by atoms with E-state index in [0.29, 0.717) is 5.92 Å². The van der Waals surface area contributed by atoms with Gasteiger partial charge in [-0.15, -0.1) is 0 Å². The fourth-order valence-corrected chi connectivity index (χ4v) is 4.08. The zero-order valence-electron chi connectivity index (χ0n) is 12.4. The predicted octanol–water partition coefficient (Wildman–Crippen LogP) is 3.05. The van der Waals surface area contributed by atoms with E-state index in [4.69, 9.17) is 16.3 Å². The van der Waals surface area contributed by atoms with E-state index in [1.54, 1.807) is 0 Å². The van der Waals surface area contributed by atoms with E-state index in [9.17, 15) is 9.18 Å². The van der Waals surface area contributed by atoms with Crippen LogP contribution in [-0.2, 0) is 9.53 Å². The van der Waals surface area contributed by atoms with Crippen LogP contribution >= 0.6 is 11.6 Å². The lowest BCUT2D eigenvalue weighted by Gasteiger charge is -2.39. The number of nitrogens with one attached hydrogen (secondary N) is 1. The van der Waals surface area contributed by atoms with Crippen LogP contribution in [0, 0.1) is 23.6 Å². The first-order valence-corrected chi connectivity index (χ1v) is 8.00. The molecule has 2 bridgehead atoms. The van der Waals surface area contributed by atoms with Gasteiger partial charge in [-0.05, 0) is 49.1 Å². The first kappa shape index (κ1) is 15.5. The van der Waals surface area contributed by atoms with Crippen molar-refractivity contribution in [3.8, 4) is 0 Å². The third-order valence-corrected chi connectivity index (χ3v) is 5.13. The topological polar surface area (TPSA) is 64.1 Å². The van der Waals surface area contributed by atoms with Gasteiger partial charge in [0.15, 0.2) is 11.6 Å². The van der Waals surface area contributed by atoms with Gasteiger partial charge < -0.3 is 10.1 Å². The Bertz CT molecular complexity index is 568. The number of ether oxygens (including phenoxy) is 1. The number of aromatic nitrogens is 2. The molecule has 0 aliphatic heterocycles. The van der Waals surface area contributed by atoms with Crippen LogP contribution in [0.5, 0.6) is 0 Å². The largest absolute Gasteiger partial charge is 0.469 e. The number of nitrogens with zero attached hydrogens (tertiary/aromatic N) is 2. The first-order chi connectivity index (χ1) is 10.6. The van der Waals surface area contributed by atoms with Gasteiger partial charge in [0.1, 0.15) is 0 Å². The van der Waals surface area contributed by atoms with Crippen LogP contribution in [0.3, 0.4) is 0 Å². The molecule has 7 heteroatoms. The smallest absolute Gasteiger partial charge is 0.311 e.